The van der Waals surface area contributed by atoms with Gasteiger partial charge >= 0.3 is 0 Å². The lowest BCUT2D eigenvalue weighted by Gasteiger charge is -2.16. The Morgan fingerprint density at radius 1 is 1.18 bits per heavy atom. The van der Waals surface area contributed by atoms with E-state index in [2.05, 4.69) is 27.6 Å². The zero-order valence-corrected chi connectivity index (χ0v) is 14.8. The Hall–Kier alpha value is -1.34. The fourth-order valence-electron chi connectivity index (χ4n) is 1.78. The predicted molar refractivity (Wildman–Crippen MR) is 91.3 cm³/mol. The standard InChI is InChI=1S/C15H33N5O2/c1-6-16-15(17-9-8-14(21)19(2)3)18-10-12-20(4)11-7-13-22-5/h6-13H2,1-5H3,(H2,16,17,18). The molecule has 0 spiro atoms. The quantitative estimate of drug-likeness (QED) is 0.319. The number of aliphatic imine (C=N–C) groups is 1. The highest BCUT2D eigenvalue weighted by Gasteiger charge is 2.04. The molecular formula is C15H33N5O2. The maximum atomic E-state index is 11.5. The molecule has 0 fully saturated rings. The molecule has 0 bridgehead atoms. The number of amides is 1. The summed E-state index contributed by atoms with van der Waals surface area (Å²) in [6.07, 6.45) is 1.50. The van der Waals surface area contributed by atoms with Crippen LogP contribution in [0.5, 0.6) is 0 Å². The normalized spacial score (nSPS) is 11.6. The average molecular weight is 315 g/mol. The van der Waals surface area contributed by atoms with Gasteiger partial charge in [-0.3, -0.25) is 9.79 Å². The third-order valence-corrected chi connectivity index (χ3v) is 3.11. The van der Waals surface area contributed by atoms with E-state index in [0.717, 1.165) is 45.2 Å². The number of nitrogens with one attached hydrogen (secondary N) is 2. The van der Waals surface area contributed by atoms with Crippen LogP contribution >= 0.6 is 0 Å². The van der Waals surface area contributed by atoms with Crippen molar-refractivity contribution in [3.05, 3.63) is 0 Å². The van der Waals surface area contributed by atoms with Gasteiger partial charge in [-0.2, -0.15) is 0 Å². The van der Waals surface area contributed by atoms with Crippen LogP contribution in [0.3, 0.4) is 0 Å². The van der Waals surface area contributed by atoms with E-state index in [0.29, 0.717) is 13.0 Å². The SMILES string of the molecule is CCNC(=NCCN(C)CCCOC)NCCC(=O)N(C)C. The van der Waals surface area contributed by atoms with Crippen molar-refractivity contribution in [2.75, 3.05) is 67.6 Å². The first-order chi connectivity index (χ1) is 10.5. The minimum Gasteiger partial charge on any atom is -0.385 e. The van der Waals surface area contributed by atoms with Crippen LogP contribution < -0.4 is 10.6 Å². The molecule has 1 amide bonds. The Morgan fingerprint density at radius 2 is 1.91 bits per heavy atom. The van der Waals surface area contributed by atoms with Gasteiger partial charge in [-0.25, -0.2) is 0 Å². The second kappa shape index (κ2) is 13.3. The van der Waals surface area contributed by atoms with Gasteiger partial charge < -0.3 is 25.2 Å². The number of likely N-dealkylation sites (N-methyl/N-ethyl adjacent to an activating group) is 1. The Morgan fingerprint density at radius 3 is 2.50 bits per heavy atom. The summed E-state index contributed by atoms with van der Waals surface area (Å²) < 4.78 is 5.04. The fraction of sp³-hybridized carbons (Fsp3) is 0.867. The van der Waals surface area contributed by atoms with E-state index in [-0.39, 0.29) is 5.91 Å². The summed E-state index contributed by atoms with van der Waals surface area (Å²) in [5, 5.41) is 6.37. The van der Waals surface area contributed by atoms with Gasteiger partial charge in [0.1, 0.15) is 0 Å². The van der Waals surface area contributed by atoms with E-state index in [4.69, 9.17) is 4.74 Å². The van der Waals surface area contributed by atoms with Gasteiger partial charge in [0.2, 0.25) is 5.91 Å². The van der Waals surface area contributed by atoms with Crippen molar-refractivity contribution in [3.8, 4) is 0 Å². The van der Waals surface area contributed by atoms with Crippen molar-refractivity contribution in [1.29, 1.82) is 0 Å². The number of hydrogen-bond donors (Lipinski definition) is 2. The summed E-state index contributed by atoms with van der Waals surface area (Å²) in [4.78, 5) is 19.9. The number of carbonyl (C=O) groups is 1. The van der Waals surface area contributed by atoms with Crippen molar-refractivity contribution in [3.63, 3.8) is 0 Å². The van der Waals surface area contributed by atoms with Crippen LogP contribution in [0.2, 0.25) is 0 Å². The lowest BCUT2D eigenvalue weighted by atomic mass is 10.4. The predicted octanol–water partition coefficient (Wildman–Crippen LogP) is -0.0119. The number of methoxy groups -OCH3 is 1. The van der Waals surface area contributed by atoms with E-state index < -0.39 is 0 Å². The minimum absolute atomic E-state index is 0.112. The highest BCUT2D eigenvalue weighted by atomic mass is 16.5. The molecule has 7 nitrogen and oxygen atoms in total. The maximum absolute atomic E-state index is 11.5. The molecule has 0 aliphatic heterocycles. The van der Waals surface area contributed by atoms with E-state index in [1.807, 2.05) is 6.92 Å². The first-order valence-corrected chi connectivity index (χ1v) is 7.91. The van der Waals surface area contributed by atoms with Crippen LogP contribution in [0.15, 0.2) is 4.99 Å². The topological polar surface area (TPSA) is 69.2 Å². The molecule has 0 aromatic heterocycles. The molecule has 0 aliphatic rings. The molecular weight excluding hydrogens is 282 g/mol. The van der Waals surface area contributed by atoms with E-state index >= 15 is 0 Å². The number of rotatable bonds is 11. The van der Waals surface area contributed by atoms with Crippen molar-refractivity contribution >= 4 is 11.9 Å². The molecule has 7 heteroatoms. The van der Waals surface area contributed by atoms with Gasteiger partial charge in [0.25, 0.3) is 0 Å². The summed E-state index contributed by atoms with van der Waals surface area (Å²) >= 11 is 0. The van der Waals surface area contributed by atoms with Crippen LogP contribution in [0.25, 0.3) is 0 Å². The highest BCUT2D eigenvalue weighted by Crippen LogP contribution is 1.89. The molecule has 0 aliphatic carbocycles. The van der Waals surface area contributed by atoms with E-state index in [9.17, 15) is 4.79 Å². The fourth-order valence-corrected chi connectivity index (χ4v) is 1.78. The average Bonchev–Trinajstić information content (AvgIpc) is 2.47. The monoisotopic (exact) mass is 315 g/mol. The largest absolute Gasteiger partial charge is 0.385 e. The molecule has 0 heterocycles. The molecule has 0 rings (SSSR count). The first-order valence-electron chi connectivity index (χ1n) is 7.91. The molecule has 0 unspecified atom stereocenters. The number of nitrogens with zero attached hydrogens (tertiary/aromatic N) is 3. The number of ether oxygens (including phenoxy) is 1. The summed E-state index contributed by atoms with van der Waals surface area (Å²) in [5.74, 6) is 0.876. The van der Waals surface area contributed by atoms with Gasteiger partial charge in [0.15, 0.2) is 5.96 Å². The summed E-state index contributed by atoms with van der Waals surface area (Å²) in [6, 6.07) is 0. The van der Waals surface area contributed by atoms with E-state index in [1.165, 1.54) is 0 Å². The molecule has 0 atom stereocenters. The molecule has 0 saturated carbocycles. The second-order valence-corrected chi connectivity index (χ2v) is 5.38. The molecule has 2 N–H and O–H groups in total. The van der Waals surface area contributed by atoms with Gasteiger partial charge in [0, 0.05) is 60.4 Å². The van der Waals surface area contributed by atoms with Crippen molar-refractivity contribution in [2.24, 2.45) is 4.99 Å². The third kappa shape index (κ3) is 11.3. The smallest absolute Gasteiger partial charge is 0.223 e. The van der Waals surface area contributed by atoms with Gasteiger partial charge in [-0.1, -0.05) is 0 Å². The van der Waals surface area contributed by atoms with Gasteiger partial charge in [0.05, 0.1) is 6.54 Å². The number of carbonyl (C=O) groups excluding carboxylic acids is 1. The molecule has 130 valence electrons. The first kappa shape index (κ1) is 20.7. The van der Waals surface area contributed by atoms with E-state index in [1.54, 1.807) is 26.1 Å². The third-order valence-electron chi connectivity index (χ3n) is 3.11. The van der Waals surface area contributed by atoms with Crippen molar-refractivity contribution in [2.45, 2.75) is 19.8 Å². The van der Waals surface area contributed by atoms with Crippen LogP contribution in [0, 0.1) is 0 Å². The van der Waals surface area contributed by atoms with Crippen LogP contribution in [0.1, 0.15) is 19.8 Å². The molecule has 0 saturated heterocycles. The van der Waals surface area contributed by atoms with Crippen LogP contribution in [-0.2, 0) is 9.53 Å². The minimum atomic E-state index is 0.112. The van der Waals surface area contributed by atoms with Crippen molar-refractivity contribution < 1.29 is 9.53 Å². The van der Waals surface area contributed by atoms with Crippen LogP contribution in [0.4, 0.5) is 0 Å². The number of guanidine groups is 1. The summed E-state index contributed by atoms with van der Waals surface area (Å²) in [6.45, 7) is 6.84. The lowest BCUT2D eigenvalue weighted by molar-refractivity contribution is -0.128. The zero-order valence-electron chi connectivity index (χ0n) is 14.8. The molecule has 0 aromatic rings. The van der Waals surface area contributed by atoms with Crippen molar-refractivity contribution in [1.82, 2.24) is 20.4 Å². The Bertz CT molecular complexity index is 321. The molecule has 0 radical (unpaired) electrons. The highest BCUT2D eigenvalue weighted by molar-refractivity contribution is 5.81. The Kier molecular flexibility index (Phi) is 12.5. The molecule has 22 heavy (non-hydrogen) atoms. The maximum Gasteiger partial charge on any atom is 0.223 e. The molecule has 0 aromatic carbocycles. The van der Waals surface area contributed by atoms with Gasteiger partial charge in [-0.15, -0.1) is 0 Å². The Balaban J connectivity index is 4.01. The summed E-state index contributed by atoms with van der Waals surface area (Å²) in [5.41, 5.74) is 0. The Labute approximate surface area is 135 Å². The van der Waals surface area contributed by atoms with Gasteiger partial charge in [-0.05, 0) is 20.4 Å². The zero-order chi connectivity index (χ0) is 16.8. The second-order valence-electron chi connectivity index (χ2n) is 5.38. The summed E-state index contributed by atoms with van der Waals surface area (Å²) in [7, 11) is 7.34. The van der Waals surface area contributed by atoms with Crippen LogP contribution in [-0.4, -0.2) is 89.3 Å². The lowest BCUT2D eigenvalue weighted by Crippen LogP contribution is -2.39. The number of hydrogen-bond acceptors (Lipinski definition) is 4.